The molecule has 1 unspecified atom stereocenters. The van der Waals surface area contributed by atoms with Crippen molar-refractivity contribution in [3.05, 3.63) is 54.1 Å². The van der Waals surface area contributed by atoms with E-state index in [1.165, 1.54) is 18.5 Å². The minimum absolute atomic E-state index is 0.0771. The van der Waals surface area contributed by atoms with Crippen LogP contribution in [-0.4, -0.2) is 23.1 Å². The molecule has 0 amide bonds. The second-order valence-electron chi connectivity index (χ2n) is 4.51. The van der Waals surface area contributed by atoms with Crippen molar-refractivity contribution in [3.8, 4) is 5.75 Å². The predicted molar refractivity (Wildman–Crippen MR) is 75.2 cm³/mol. The van der Waals surface area contributed by atoms with E-state index in [1.54, 1.807) is 24.5 Å². The molecule has 0 aliphatic heterocycles. The Bertz CT molecular complexity index is 534. The monoisotopic (exact) mass is 293 g/mol. The number of alkyl halides is 2. The molecule has 0 saturated heterocycles. The van der Waals surface area contributed by atoms with Gasteiger partial charge in [0.15, 0.2) is 0 Å². The van der Waals surface area contributed by atoms with E-state index >= 15 is 0 Å². The second-order valence-corrected chi connectivity index (χ2v) is 4.51. The highest BCUT2D eigenvalue weighted by Gasteiger charge is 2.14. The molecule has 1 N–H and O–H groups in total. The van der Waals surface area contributed by atoms with Crippen molar-refractivity contribution < 1.29 is 13.5 Å². The van der Waals surface area contributed by atoms with Gasteiger partial charge in [-0.3, -0.25) is 0 Å². The van der Waals surface area contributed by atoms with Gasteiger partial charge in [0.05, 0.1) is 6.04 Å². The Balaban J connectivity index is 2.20. The zero-order chi connectivity index (χ0) is 15.1. The third kappa shape index (κ3) is 4.46. The van der Waals surface area contributed by atoms with E-state index in [4.69, 9.17) is 0 Å². The van der Waals surface area contributed by atoms with Crippen LogP contribution in [0, 0.1) is 0 Å². The fraction of sp³-hybridized carbons (Fsp3) is 0.333. The Morgan fingerprint density at radius 1 is 1.10 bits per heavy atom. The SMILES string of the molecule is CCCNC(c1ccc(OC(F)F)cc1)c1cncnc1. The molecule has 0 bridgehead atoms. The lowest BCUT2D eigenvalue weighted by atomic mass is 10.0. The number of halogens is 2. The number of benzene rings is 1. The minimum Gasteiger partial charge on any atom is -0.435 e. The molecule has 2 aromatic rings. The van der Waals surface area contributed by atoms with Crippen molar-refractivity contribution in [3.63, 3.8) is 0 Å². The van der Waals surface area contributed by atoms with Gasteiger partial charge in [-0.2, -0.15) is 8.78 Å². The largest absolute Gasteiger partial charge is 0.435 e. The summed E-state index contributed by atoms with van der Waals surface area (Å²) in [5.74, 6) is 0.146. The molecule has 1 aromatic carbocycles. The van der Waals surface area contributed by atoms with Gasteiger partial charge in [-0.05, 0) is 30.7 Å². The Kier molecular flexibility index (Phi) is 5.57. The van der Waals surface area contributed by atoms with E-state index in [1.807, 2.05) is 0 Å². The summed E-state index contributed by atoms with van der Waals surface area (Å²) in [5, 5.41) is 3.39. The number of rotatable bonds is 7. The molecule has 2 rings (SSSR count). The third-order valence-electron chi connectivity index (χ3n) is 2.95. The second kappa shape index (κ2) is 7.64. The van der Waals surface area contributed by atoms with Crippen LogP contribution in [-0.2, 0) is 0 Å². The van der Waals surface area contributed by atoms with Gasteiger partial charge >= 0.3 is 6.61 Å². The van der Waals surface area contributed by atoms with E-state index < -0.39 is 6.61 Å². The van der Waals surface area contributed by atoms with Gasteiger partial charge in [-0.15, -0.1) is 0 Å². The van der Waals surface area contributed by atoms with Gasteiger partial charge in [0.2, 0.25) is 0 Å². The van der Waals surface area contributed by atoms with Crippen LogP contribution >= 0.6 is 0 Å². The minimum atomic E-state index is -2.81. The van der Waals surface area contributed by atoms with Gasteiger partial charge in [0.25, 0.3) is 0 Å². The van der Waals surface area contributed by atoms with Crippen LogP contribution in [0.5, 0.6) is 5.75 Å². The Morgan fingerprint density at radius 3 is 2.33 bits per heavy atom. The summed E-state index contributed by atoms with van der Waals surface area (Å²) in [6.07, 6.45) is 5.94. The van der Waals surface area contributed by atoms with Crippen LogP contribution in [0.2, 0.25) is 0 Å². The molecule has 0 spiro atoms. The molecule has 0 saturated carbocycles. The molecule has 1 atom stereocenters. The summed E-state index contributed by atoms with van der Waals surface area (Å²) in [5.41, 5.74) is 1.87. The molecular weight excluding hydrogens is 276 g/mol. The Morgan fingerprint density at radius 2 is 1.76 bits per heavy atom. The molecule has 0 aliphatic rings. The normalized spacial score (nSPS) is 12.4. The van der Waals surface area contributed by atoms with Crippen molar-refractivity contribution in [2.45, 2.75) is 26.0 Å². The van der Waals surface area contributed by atoms with Crippen LogP contribution in [0.1, 0.15) is 30.5 Å². The topological polar surface area (TPSA) is 47.0 Å². The smallest absolute Gasteiger partial charge is 0.387 e. The van der Waals surface area contributed by atoms with Gasteiger partial charge in [-0.1, -0.05) is 19.1 Å². The van der Waals surface area contributed by atoms with Crippen LogP contribution < -0.4 is 10.1 Å². The van der Waals surface area contributed by atoms with E-state index in [2.05, 4.69) is 26.9 Å². The molecular formula is C15H17F2N3O. The zero-order valence-electron chi connectivity index (χ0n) is 11.7. The standard InChI is InChI=1S/C15H17F2N3O/c1-2-7-20-14(12-8-18-10-19-9-12)11-3-5-13(6-4-11)21-15(16)17/h3-6,8-10,14-15,20H,2,7H2,1H3. The maximum atomic E-state index is 12.2. The number of nitrogens with zero attached hydrogens (tertiary/aromatic N) is 2. The Hall–Kier alpha value is -2.08. The number of ether oxygens (including phenoxy) is 1. The molecule has 6 heteroatoms. The number of aromatic nitrogens is 2. The molecule has 4 nitrogen and oxygen atoms in total. The summed E-state index contributed by atoms with van der Waals surface area (Å²) in [7, 11) is 0. The maximum absolute atomic E-state index is 12.2. The lowest BCUT2D eigenvalue weighted by molar-refractivity contribution is -0.0498. The van der Waals surface area contributed by atoms with Crippen LogP contribution in [0.25, 0.3) is 0 Å². The van der Waals surface area contributed by atoms with Crippen molar-refractivity contribution >= 4 is 0 Å². The summed E-state index contributed by atoms with van der Waals surface area (Å²) in [6, 6.07) is 6.51. The van der Waals surface area contributed by atoms with Gasteiger partial charge in [-0.25, -0.2) is 9.97 Å². The molecule has 21 heavy (non-hydrogen) atoms. The first kappa shape index (κ1) is 15.3. The number of nitrogens with one attached hydrogen (secondary N) is 1. The summed E-state index contributed by atoms with van der Waals surface area (Å²) >= 11 is 0. The van der Waals surface area contributed by atoms with Gasteiger partial charge in [0.1, 0.15) is 12.1 Å². The van der Waals surface area contributed by atoms with Crippen molar-refractivity contribution in [2.75, 3.05) is 6.54 Å². The van der Waals surface area contributed by atoms with E-state index in [0.29, 0.717) is 0 Å². The van der Waals surface area contributed by atoms with Gasteiger partial charge < -0.3 is 10.1 Å². The van der Waals surface area contributed by atoms with E-state index in [0.717, 1.165) is 24.1 Å². The first-order valence-corrected chi connectivity index (χ1v) is 6.73. The van der Waals surface area contributed by atoms with Gasteiger partial charge in [0, 0.05) is 18.0 Å². The number of hydrogen-bond donors (Lipinski definition) is 1. The molecule has 0 fully saturated rings. The molecule has 1 heterocycles. The van der Waals surface area contributed by atoms with Crippen LogP contribution in [0.3, 0.4) is 0 Å². The predicted octanol–water partition coefficient (Wildman–Crippen LogP) is 3.17. The summed E-state index contributed by atoms with van der Waals surface area (Å²) in [6.45, 7) is 0.0901. The fourth-order valence-corrected chi connectivity index (χ4v) is 2.02. The van der Waals surface area contributed by atoms with E-state index in [9.17, 15) is 8.78 Å². The summed E-state index contributed by atoms with van der Waals surface area (Å²) < 4.78 is 28.7. The first-order chi connectivity index (χ1) is 10.2. The molecule has 0 aliphatic carbocycles. The van der Waals surface area contributed by atoms with E-state index in [-0.39, 0.29) is 11.8 Å². The average Bonchev–Trinajstić information content (AvgIpc) is 2.50. The highest BCUT2D eigenvalue weighted by atomic mass is 19.3. The molecule has 112 valence electrons. The van der Waals surface area contributed by atoms with Crippen LogP contribution in [0.15, 0.2) is 43.0 Å². The lowest BCUT2D eigenvalue weighted by Crippen LogP contribution is -2.23. The maximum Gasteiger partial charge on any atom is 0.387 e. The van der Waals surface area contributed by atoms with Crippen molar-refractivity contribution in [2.24, 2.45) is 0 Å². The fourth-order valence-electron chi connectivity index (χ4n) is 2.02. The number of hydrogen-bond acceptors (Lipinski definition) is 4. The summed E-state index contributed by atoms with van der Waals surface area (Å²) in [4.78, 5) is 8.04. The quantitative estimate of drug-likeness (QED) is 0.852. The first-order valence-electron chi connectivity index (χ1n) is 6.73. The lowest BCUT2D eigenvalue weighted by Gasteiger charge is -2.19. The Labute approximate surface area is 122 Å². The zero-order valence-corrected chi connectivity index (χ0v) is 11.7. The van der Waals surface area contributed by atoms with Crippen molar-refractivity contribution in [1.29, 1.82) is 0 Å². The van der Waals surface area contributed by atoms with Crippen molar-refractivity contribution in [1.82, 2.24) is 15.3 Å². The highest BCUT2D eigenvalue weighted by Crippen LogP contribution is 2.24. The molecule has 0 radical (unpaired) electrons. The van der Waals surface area contributed by atoms with Crippen LogP contribution in [0.4, 0.5) is 8.78 Å². The average molecular weight is 293 g/mol. The molecule has 1 aromatic heterocycles. The highest BCUT2D eigenvalue weighted by molar-refractivity contribution is 5.34. The third-order valence-corrected chi connectivity index (χ3v) is 2.95.